The van der Waals surface area contributed by atoms with Crippen LogP contribution in [0.1, 0.15) is 17.5 Å². The van der Waals surface area contributed by atoms with Crippen LogP contribution in [0.3, 0.4) is 0 Å². The predicted molar refractivity (Wildman–Crippen MR) is 55.1 cm³/mol. The van der Waals surface area contributed by atoms with Crippen LogP contribution in [0.25, 0.3) is 0 Å². The highest BCUT2D eigenvalue weighted by atomic mass is 16.4. The third kappa shape index (κ3) is 3.18. The highest BCUT2D eigenvalue weighted by Gasteiger charge is 2.09. The fraction of sp³-hybridized carbons (Fsp3) is 0.364. The molecule has 0 heterocycles. The van der Waals surface area contributed by atoms with Crippen molar-refractivity contribution in [2.45, 2.75) is 25.8 Å². The first kappa shape index (κ1) is 10.7. The van der Waals surface area contributed by atoms with Gasteiger partial charge in [-0.3, -0.25) is 4.79 Å². The van der Waals surface area contributed by atoms with Crippen LogP contribution in [0.2, 0.25) is 0 Å². The molecule has 76 valence electrons. The molecule has 0 spiro atoms. The number of carbonyl (C=O) groups is 1. The van der Waals surface area contributed by atoms with Gasteiger partial charge in [0.15, 0.2) is 0 Å². The summed E-state index contributed by atoms with van der Waals surface area (Å²) in [6.07, 6.45) is 0.646. The van der Waals surface area contributed by atoms with Gasteiger partial charge >= 0.3 is 5.97 Å². The maximum Gasteiger partial charge on any atom is 0.304 e. The number of aliphatic carboxylic acids is 1. The van der Waals surface area contributed by atoms with Gasteiger partial charge in [-0.1, -0.05) is 24.3 Å². The molecule has 0 fully saturated rings. The molecular formula is C11H15NO2. The molecule has 0 aliphatic carbocycles. The molecule has 14 heavy (non-hydrogen) atoms. The zero-order valence-corrected chi connectivity index (χ0v) is 8.23. The summed E-state index contributed by atoms with van der Waals surface area (Å²) >= 11 is 0. The molecule has 1 atom stereocenters. The number of benzene rings is 1. The Morgan fingerprint density at radius 2 is 2.14 bits per heavy atom. The van der Waals surface area contributed by atoms with Gasteiger partial charge in [0, 0.05) is 6.04 Å². The first-order chi connectivity index (χ1) is 6.59. The summed E-state index contributed by atoms with van der Waals surface area (Å²) in [6, 6.07) is 7.59. The lowest BCUT2D eigenvalue weighted by Gasteiger charge is -2.10. The zero-order chi connectivity index (χ0) is 10.6. The third-order valence-electron chi connectivity index (χ3n) is 2.18. The van der Waals surface area contributed by atoms with Gasteiger partial charge in [-0.2, -0.15) is 0 Å². The van der Waals surface area contributed by atoms with Crippen LogP contribution in [0, 0.1) is 6.92 Å². The predicted octanol–water partition coefficient (Wildman–Crippen LogP) is 1.34. The molecule has 0 aliphatic rings. The molecule has 0 aliphatic heterocycles. The molecule has 1 rings (SSSR count). The van der Waals surface area contributed by atoms with E-state index in [1.165, 1.54) is 0 Å². The molecular weight excluding hydrogens is 178 g/mol. The van der Waals surface area contributed by atoms with Crippen molar-refractivity contribution < 1.29 is 9.90 Å². The highest BCUT2D eigenvalue weighted by molar-refractivity contribution is 5.67. The second-order valence-corrected chi connectivity index (χ2v) is 3.49. The van der Waals surface area contributed by atoms with Crippen LogP contribution in [0.5, 0.6) is 0 Å². The molecule has 3 nitrogen and oxygen atoms in total. The fourth-order valence-corrected chi connectivity index (χ4v) is 1.42. The molecule has 1 unspecified atom stereocenters. The highest BCUT2D eigenvalue weighted by Crippen LogP contribution is 2.10. The van der Waals surface area contributed by atoms with Crippen molar-refractivity contribution in [2.24, 2.45) is 5.73 Å². The largest absolute Gasteiger partial charge is 0.481 e. The van der Waals surface area contributed by atoms with Gasteiger partial charge < -0.3 is 10.8 Å². The quantitative estimate of drug-likeness (QED) is 0.758. The number of carboxylic acid groups (broad SMARTS) is 1. The molecule has 0 saturated heterocycles. The molecule has 3 N–H and O–H groups in total. The Kier molecular flexibility index (Phi) is 3.65. The first-order valence-electron chi connectivity index (χ1n) is 4.61. The second kappa shape index (κ2) is 4.77. The SMILES string of the molecule is Cc1ccccc1CC(N)CC(=O)O. The van der Waals surface area contributed by atoms with E-state index in [9.17, 15) is 4.79 Å². The number of rotatable bonds is 4. The summed E-state index contributed by atoms with van der Waals surface area (Å²) in [6.45, 7) is 2.00. The molecule has 0 aromatic heterocycles. The maximum atomic E-state index is 10.4. The van der Waals surface area contributed by atoms with Gasteiger partial charge in [-0.15, -0.1) is 0 Å². The summed E-state index contributed by atoms with van der Waals surface area (Å²) in [4.78, 5) is 10.4. The lowest BCUT2D eigenvalue weighted by atomic mass is 10.00. The molecule has 1 aromatic rings. The van der Waals surface area contributed by atoms with E-state index in [0.717, 1.165) is 11.1 Å². The van der Waals surface area contributed by atoms with E-state index in [1.54, 1.807) is 0 Å². The summed E-state index contributed by atoms with van der Waals surface area (Å²) in [5.74, 6) is -0.842. The second-order valence-electron chi connectivity index (χ2n) is 3.49. The van der Waals surface area contributed by atoms with Gasteiger partial charge in [0.2, 0.25) is 0 Å². The van der Waals surface area contributed by atoms with Crippen LogP contribution in [-0.2, 0) is 11.2 Å². The number of hydrogen-bond acceptors (Lipinski definition) is 2. The smallest absolute Gasteiger partial charge is 0.304 e. The molecule has 0 amide bonds. The Labute approximate surface area is 83.6 Å². The van der Waals surface area contributed by atoms with E-state index < -0.39 is 5.97 Å². The molecule has 0 bridgehead atoms. The third-order valence-corrected chi connectivity index (χ3v) is 2.18. The van der Waals surface area contributed by atoms with Gasteiger partial charge in [0.05, 0.1) is 6.42 Å². The van der Waals surface area contributed by atoms with Crippen molar-refractivity contribution in [3.8, 4) is 0 Å². The van der Waals surface area contributed by atoms with E-state index in [1.807, 2.05) is 31.2 Å². The minimum Gasteiger partial charge on any atom is -0.481 e. The topological polar surface area (TPSA) is 63.3 Å². The molecule has 3 heteroatoms. The molecule has 0 radical (unpaired) electrons. The van der Waals surface area contributed by atoms with Crippen molar-refractivity contribution >= 4 is 5.97 Å². The Hall–Kier alpha value is -1.35. The van der Waals surface area contributed by atoms with Crippen molar-refractivity contribution in [1.82, 2.24) is 0 Å². The van der Waals surface area contributed by atoms with E-state index in [-0.39, 0.29) is 12.5 Å². The number of hydrogen-bond donors (Lipinski definition) is 2. The van der Waals surface area contributed by atoms with Gasteiger partial charge in [-0.25, -0.2) is 0 Å². The van der Waals surface area contributed by atoms with Crippen molar-refractivity contribution in [3.05, 3.63) is 35.4 Å². The minimum absolute atomic E-state index is 0.0222. The van der Waals surface area contributed by atoms with Gasteiger partial charge in [0.25, 0.3) is 0 Å². The Morgan fingerprint density at radius 1 is 1.50 bits per heavy atom. The summed E-state index contributed by atoms with van der Waals surface area (Å²) < 4.78 is 0. The van der Waals surface area contributed by atoms with Crippen molar-refractivity contribution in [1.29, 1.82) is 0 Å². The van der Waals surface area contributed by atoms with Crippen LogP contribution < -0.4 is 5.73 Å². The average Bonchev–Trinajstić information content (AvgIpc) is 2.07. The van der Waals surface area contributed by atoms with Crippen LogP contribution in [0.15, 0.2) is 24.3 Å². The van der Waals surface area contributed by atoms with Crippen LogP contribution >= 0.6 is 0 Å². The zero-order valence-electron chi connectivity index (χ0n) is 8.23. The molecule has 1 aromatic carbocycles. The summed E-state index contributed by atoms with van der Waals surface area (Å²) in [7, 11) is 0. The molecule has 0 saturated carbocycles. The fourth-order valence-electron chi connectivity index (χ4n) is 1.42. The average molecular weight is 193 g/mol. The number of carboxylic acids is 1. The first-order valence-corrected chi connectivity index (χ1v) is 4.61. The lowest BCUT2D eigenvalue weighted by Crippen LogP contribution is -2.26. The number of aryl methyl sites for hydroxylation is 1. The van der Waals surface area contributed by atoms with Crippen LogP contribution in [0.4, 0.5) is 0 Å². The Balaban J connectivity index is 2.60. The van der Waals surface area contributed by atoms with Gasteiger partial charge in [-0.05, 0) is 24.5 Å². The monoisotopic (exact) mass is 193 g/mol. The van der Waals surface area contributed by atoms with E-state index in [0.29, 0.717) is 6.42 Å². The summed E-state index contributed by atoms with van der Waals surface area (Å²) in [5, 5.41) is 8.55. The lowest BCUT2D eigenvalue weighted by molar-refractivity contribution is -0.137. The van der Waals surface area contributed by atoms with Crippen LogP contribution in [-0.4, -0.2) is 17.1 Å². The van der Waals surface area contributed by atoms with E-state index in [4.69, 9.17) is 10.8 Å². The Bertz CT molecular complexity index is 323. The Morgan fingerprint density at radius 3 is 2.71 bits per heavy atom. The van der Waals surface area contributed by atoms with E-state index in [2.05, 4.69) is 0 Å². The maximum absolute atomic E-state index is 10.4. The van der Waals surface area contributed by atoms with Crippen molar-refractivity contribution in [2.75, 3.05) is 0 Å². The standard InChI is InChI=1S/C11H15NO2/c1-8-4-2-3-5-9(8)6-10(12)7-11(13)14/h2-5,10H,6-7,12H2,1H3,(H,13,14). The number of nitrogens with two attached hydrogens (primary N) is 1. The van der Waals surface area contributed by atoms with Crippen molar-refractivity contribution in [3.63, 3.8) is 0 Å². The van der Waals surface area contributed by atoms with E-state index >= 15 is 0 Å². The van der Waals surface area contributed by atoms with Gasteiger partial charge in [0.1, 0.15) is 0 Å². The summed E-state index contributed by atoms with van der Waals surface area (Å²) in [5.41, 5.74) is 7.98. The normalized spacial score (nSPS) is 12.4. The minimum atomic E-state index is -0.842.